The lowest BCUT2D eigenvalue weighted by molar-refractivity contribution is -0.132. The number of hydrogen-bond acceptors (Lipinski definition) is 11. The molecule has 0 aromatic heterocycles. The maximum Gasteiger partial charge on any atom is 0.308 e. The molecule has 4 heterocycles. The standard InChI is InChI=1S/C36H38N4O8/c1-17-10-21-12-24-26(14-37)40-25(31(39(24)4)29(21)33(44)34(17)45-5)13-23-30(36-35(46-16-47-36)18(2)32(23)43)27(40)15-38-28(42)11-20-6-8-22(9-7-20)48-19(3)41/h6-10,24-27,31,43-44H,11-13,15-16H2,1-5H3,(H,38,42)/t24-,25?,26?,27?,31-/m0/s1. The molecule has 4 aliphatic heterocycles. The Balaban J connectivity index is 1.30. The molecule has 0 saturated carbocycles. The minimum absolute atomic E-state index is 0.00598. The first-order chi connectivity index (χ1) is 23.0. The van der Waals surface area contributed by atoms with Crippen molar-refractivity contribution in [1.29, 1.82) is 5.26 Å². The summed E-state index contributed by atoms with van der Waals surface area (Å²) in [6, 6.07) is 9.31. The van der Waals surface area contributed by atoms with Crippen LogP contribution >= 0.6 is 0 Å². The van der Waals surface area contributed by atoms with Gasteiger partial charge in [0.25, 0.3) is 0 Å². The maximum absolute atomic E-state index is 13.4. The fourth-order valence-electron chi connectivity index (χ4n) is 8.34. The van der Waals surface area contributed by atoms with E-state index in [0.29, 0.717) is 52.5 Å². The number of amides is 1. The van der Waals surface area contributed by atoms with Crippen LogP contribution in [0.5, 0.6) is 34.5 Å². The molecule has 12 nitrogen and oxygen atoms in total. The fourth-order valence-corrected chi connectivity index (χ4v) is 8.34. The smallest absolute Gasteiger partial charge is 0.308 e. The summed E-state index contributed by atoms with van der Waals surface area (Å²) in [6.45, 7) is 5.13. The first-order valence-electron chi connectivity index (χ1n) is 16.0. The summed E-state index contributed by atoms with van der Waals surface area (Å²) in [5, 5.41) is 37.1. The first-order valence-corrected chi connectivity index (χ1v) is 16.0. The van der Waals surface area contributed by atoms with Crippen LogP contribution in [0.2, 0.25) is 0 Å². The molecule has 0 spiro atoms. The number of rotatable bonds is 6. The van der Waals surface area contributed by atoms with Crippen molar-refractivity contribution in [3.05, 3.63) is 69.3 Å². The number of methoxy groups -OCH3 is 1. The quantitative estimate of drug-likeness (QED) is 0.264. The number of likely N-dealkylation sites (N-methyl/N-ethyl adjacent to an activating group) is 1. The van der Waals surface area contributed by atoms with Crippen LogP contribution < -0.4 is 24.3 Å². The lowest BCUT2D eigenvalue weighted by atomic mass is 9.71. The number of carbonyl (C=O) groups is 2. The number of nitrogens with one attached hydrogen (secondary N) is 1. The molecule has 3 aromatic rings. The van der Waals surface area contributed by atoms with Crippen LogP contribution in [0, 0.1) is 25.2 Å². The van der Waals surface area contributed by atoms with Crippen LogP contribution in [0.3, 0.4) is 0 Å². The van der Waals surface area contributed by atoms with E-state index in [-0.39, 0.29) is 55.3 Å². The zero-order chi connectivity index (χ0) is 34.0. The zero-order valence-corrected chi connectivity index (χ0v) is 27.5. The summed E-state index contributed by atoms with van der Waals surface area (Å²) in [6.07, 6.45) is 0.983. The van der Waals surface area contributed by atoms with Crippen molar-refractivity contribution < 1.29 is 38.7 Å². The molecule has 12 heteroatoms. The molecule has 3 N–H and O–H groups in total. The van der Waals surface area contributed by atoms with Gasteiger partial charge in [-0.1, -0.05) is 18.2 Å². The summed E-state index contributed by atoms with van der Waals surface area (Å²) >= 11 is 0. The van der Waals surface area contributed by atoms with Gasteiger partial charge in [-0.15, -0.1) is 0 Å². The van der Waals surface area contributed by atoms with Gasteiger partial charge in [0.2, 0.25) is 12.7 Å². The summed E-state index contributed by atoms with van der Waals surface area (Å²) in [5.41, 5.74) is 5.21. The number of aromatic hydroxyl groups is 2. The number of ether oxygens (including phenoxy) is 4. The molecular weight excluding hydrogens is 616 g/mol. The number of piperazine rings is 1. The highest BCUT2D eigenvalue weighted by atomic mass is 16.7. The number of nitrogens with zero attached hydrogens (tertiary/aromatic N) is 3. The molecular formula is C36H38N4O8. The predicted molar refractivity (Wildman–Crippen MR) is 172 cm³/mol. The number of nitriles is 1. The van der Waals surface area contributed by atoms with Gasteiger partial charge < -0.3 is 34.5 Å². The maximum atomic E-state index is 13.4. The average Bonchev–Trinajstić information content (AvgIpc) is 3.54. The Morgan fingerprint density at radius 1 is 1.06 bits per heavy atom. The molecule has 7 rings (SSSR count). The van der Waals surface area contributed by atoms with Gasteiger partial charge in [0.1, 0.15) is 17.5 Å². The Morgan fingerprint density at radius 2 is 1.79 bits per heavy atom. The number of hydrogen-bond donors (Lipinski definition) is 3. The third-order valence-electron chi connectivity index (χ3n) is 10.3. The number of aryl methyl sites for hydroxylation is 1. The van der Waals surface area contributed by atoms with E-state index in [1.54, 1.807) is 31.2 Å². The molecule has 4 aliphatic rings. The Bertz CT molecular complexity index is 1870. The van der Waals surface area contributed by atoms with Crippen LogP contribution in [0.1, 0.15) is 58.0 Å². The number of phenolic OH excluding ortho intramolecular Hbond substituents is 2. The van der Waals surface area contributed by atoms with E-state index < -0.39 is 18.1 Å². The van der Waals surface area contributed by atoms with Gasteiger partial charge in [-0.05, 0) is 62.6 Å². The first kappa shape index (κ1) is 31.6. The van der Waals surface area contributed by atoms with E-state index in [4.69, 9.17) is 18.9 Å². The van der Waals surface area contributed by atoms with E-state index in [1.165, 1.54) is 14.0 Å². The summed E-state index contributed by atoms with van der Waals surface area (Å²) in [7, 11) is 3.52. The van der Waals surface area contributed by atoms with Gasteiger partial charge in [0.05, 0.1) is 31.7 Å². The largest absolute Gasteiger partial charge is 0.507 e. The highest BCUT2D eigenvalue weighted by Crippen LogP contribution is 2.58. The lowest BCUT2D eigenvalue weighted by Crippen LogP contribution is -2.68. The van der Waals surface area contributed by atoms with Crippen molar-refractivity contribution in [2.75, 3.05) is 27.5 Å². The van der Waals surface area contributed by atoms with Gasteiger partial charge in [0.15, 0.2) is 23.0 Å². The Kier molecular flexibility index (Phi) is 7.84. The molecule has 48 heavy (non-hydrogen) atoms. The number of esters is 1. The van der Waals surface area contributed by atoms with Crippen LogP contribution in [0.15, 0.2) is 30.3 Å². The SMILES string of the molecule is COc1c(C)cc2c(c1O)[C@@H]1C3Cc4c(O)c(C)c5c(c4C(CNC(=O)Cc4ccc(OC(C)=O)cc4)N3C(C#N)[C@H](C2)N1C)OCO5. The van der Waals surface area contributed by atoms with Crippen molar-refractivity contribution in [3.63, 3.8) is 0 Å². The molecule has 250 valence electrons. The second-order valence-corrected chi connectivity index (χ2v) is 13.0. The van der Waals surface area contributed by atoms with E-state index in [2.05, 4.69) is 21.2 Å². The van der Waals surface area contributed by atoms with Crippen molar-refractivity contribution in [1.82, 2.24) is 15.1 Å². The highest BCUT2D eigenvalue weighted by Gasteiger charge is 2.56. The molecule has 1 saturated heterocycles. The van der Waals surface area contributed by atoms with Crippen molar-refractivity contribution in [2.24, 2.45) is 0 Å². The molecule has 0 aliphatic carbocycles. The van der Waals surface area contributed by atoms with Gasteiger partial charge in [-0.3, -0.25) is 19.4 Å². The van der Waals surface area contributed by atoms with Gasteiger partial charge in [-0.25, -0.2) is 0 Å². The third kappa shape index (κ3) is 4.88. The highest BCUT2D eigenvalue weighted by molar-refractivity contribution is 5.79. The number of phenols is 2. The van der Waals surface area contributed by atoms with E-state index in [1.807, 2.05) is 20.0 Å². The van der Waals surface area contributed by atoms with Crippen molar-refractivity contribution >= 4 is 11.9 Å². The third-order valence-corrected chi connectivity index (χ3v) is 10.3. The monoisotopic (exact) mass is 654 g/mol. The number of fused-ring (bicyclic) bond motifs is 9. The van der Waals surface area contributed by atoms with E-state index in [0.717, 1.165) is 22.3 Å². The molecule has 2 bridgehead atoms. The van der Waals surface area contributed by atoms with Crippen LogP contribution in [-0.4, -0.2) is 77.5 Å². The molecule has 3 aromatic carbocycles. The topological polar surface area (TPSA) is 154 Å². The second kappa shape index (κ2) is 11.9. The van der Waals surface area contributed by atoms with Gasteiger partial charge >= 0.3 is 5.97 Å². The van der Waals surface area contributed by atoms with Crippen LogP contribution in [-0.2, 0) is 28.9 Å². The summed E-state index contributed by atoms with van der Waals surface area (Å²) in [5.74, 6) is 1.29. The lowest BCUT2D eigenvalue weighted by Gasteiger charge is -2.60. The van der Waals surface area contributed by atoms with E-state index in [9.17, 15) is 25.1 Å². The van der Waals surface area contributed by atoms with E-state index >= 15 is 0 Å². The fraction of sp³-hybridized carbons (Fsp3) is 0.417. The van der Waals surface area contributed by atoms with Crippen LogP contribution in [0.4, 0.5) is 0 Å². The second-order valence-electron chi connectivity index (χ2n) is 13.0. The Hall–Kier alpha value is -4.99. The van der Waals surface area contributed by atoms with Gasteiger partial charge in [0, 0.05) is 47.8 Å². The zero-order valence-electron chi connectivity index (χ0n) is 27.5. The minimum atomic E-state index is -0.584. The van der Waals surface area contributed by atoms with Crippen molar-refractivity contribution in [3.8, 4) is 40.6 Å². The molecule has 5 atom stereocenters. The minimum Gasteiger partial charge on any atom is -0.507 e. The van der Waals surface area contributed by atoms with Crippen molar-refractivity contribution in [2.45, 2.75) is 70.2 Å². The van der Waals surface area contributed by atoms with Crippen LogP contribution in [0.25, 0.3) is 0 Å². The summed E-state index contributed by atoms with van der Waals surface area (Å²) in [4.78, 5) is 29.0. The molecule has 0 radical (unpaired) electrons. The number of benzene rings is 3. The Morgan fingerprint density at radius 3 is 2.48 bits per heavy atom. The normalized spacial score (nSPS) is 23.7. The Labute approximate surface area is 278 Å². The molecule has 3 unspecified atom stereocenters. The average molecular weight is 655 g/mol. The van der Waals surface area contributed by atoms with Gasteiger partial charge in [-0.2, -0.15) is 5.26 Å². The molecule has 1 fully saturated rings. The molecule has 1 amide bonds. The summed E-state index contributed by atoms with van der Waals surface area (Å²) < 4.78 is 22.6. The predicted octanol–water partition coefficient (Wildman–Crippen LogP) is 3.51. The number of carbonyl (C=O) groups excluding carboxylic acids is 2.